The first-order chi connectivity index (χ1) is 9.68. The van der Waals surface area contributed by atoms with Crippen molar-refractivity contribution < 1.29 is 0 Å². The Morgan fingerprint density at radius 3 is 3.05 bits per heavy atom. The molecule has 0 saturated heterocycles. The lowest BCUT2D eigenvalue weighted by Gasteiger charge is -2.25. The minimum absolute atomic E-state index is 0.0529. The molecule has 0 aliphatic carbocycles. The second-order valence-corrected chi connectivity index (χ2v) is 6.22. The van der Waals surface area contributed by atoms with Gasteiger partial charge in [-0.15, -0.1) is 11.3 Å². The van der Waals surface area contributed by atoms with Gasteiger partial charge in [0.05, 0.1) is 6.20 Å². The molecule has 0 amide bonds. The summed E-state index contributed by atoms with van der Waals surface area (Å²) in [6.07, 6.45) is 4.69. The van der Waals surface area contributed by atoms with Crippen LogP contribution in [-0.4, -0.2) is 21.7 Å². The normalized spacial score (nSPS) is 14.6. The highest BCUT2D eigenvalue weighted by molar-refractivity contribution is 7.13. The predicted octanol–water partition coefficient (Wildman–Crippen LogP) is 3.31. The first-order valence-electron chi connectivity index (χ1n) is 6.75. The van der Waals surface area contributed by atoms with E-state index in [0.717, 1.165) is 17.5 Å². The summed E-state index contributed by atoms with van der Waals surface area (Å²) in [7, 11) is 0. The van der Waals surface area contributed by atoms with Crippen LogP contribution in [0, 0.1) is 0 Å². The molecule has 0 spiro atoms. The monoisotopic (exact) mass is 286 g/mol. The summed E-state index contributed by atoms with van der Waals surface area (Å²) >= 11 is 1.75. The zero-order valence-electron chi connectivity index (χ0n) is 11.7. The zero-order valence-corrected chi connectivity index (χ0v) is 12.5. The molecule has 0 aromatic carbocycles. The van der Waals surface area contributed by atoms with E-state index in [1.165, 1.54) is 16.0 Å². The number of aromatic amines is 1. The van der Waals surface area contributed by atoms with Crippen molar-refractivity contribution in [1.29, 1.82) is 0 Å². The number of nitrogens with zero attached hydrogens (tertiary/aromatic N) is 2. The van der Waals surface area contributed by atoms with Crippen molar-refractivity contribution in [3.05, 3.63) is 35.5 Å². The maximum atomic E-state index is 5.95. The highest BCUT2D eigenvalue weighted by atomic mass is 32.1. The van der Waals surface area contributed by atoms with Gasteiger partial charge >= 0.3 is 0 Å². The third-order valence-electron chi connectivity index (χ3n) is 4.15. The molecule has 0 aliphatic rings. The van der Waals surface area contributed by atoms with Gasteiger partial charge in [0.1, 0.15) is 0 Å². The molecule has 0 unspecified atom stereocenters. The SMILES string of the molecule is CC[C@](C)(CN)c1csc(-c2ccnc3[nH]ncc23)c1. The minimum Gasteiger partial charge on any atom is -0.330 e. The molecular formula is C15H18N4S. The van der Waals surface area contributed by atoms with Crippen LogP contribution in [0.15, 0.2) is 29.9 Å². The van der Waals surface area contributed by atoms with Crippen molar-refractivity contribution in [1.82, 2.24) is 15.2 Å². The molecule has 20 heavy (non-hydrogen) atoms. The Bertz CT molecular complexity index is 724. The van der Waals surface area contributed by atoms with Gasteiger partial charge in [0, 0.05) is 34.0 Å². The van der Waals surface area contributed by atoms with E-state index >= 15 is 0 Å². The smallest absolute Gasteiger partial charge is 0.155 e. The Hall–Kier alpha value is -1.72. The second-order valence-electron chi connectivity index (χ2n) is 5.31. The first-order valence-corrected chi connectivity index (χ1v) is 7.63. The molecule has 0 radical (unpaired) electrons. The van der Waals surface area contributed by atoms with Crippen molar-refractivity contribution >= 4 is 22.4 Å². The van der Waals surface area contributed by atoms with E-state index in [-0.39, 0.29) is 5.41 Å². The van der Waals surface area contributed by atoms with Crippen LogP contribution in [0.2, 0.25) is 0 Å². The Labute approximate surface area is 122 Å². The number of hydrogen-bond acceptors (Lipinski definition) is 4. The molecule has 0 aliphatic heterocycles. The predicted molar refractivity (Wildman–Crippen MR) is 83.9 cm³/mol. The number of rotatable bonds is 4. The summed E-state index contributed by atoms with van der Waals surface area (Å²) in [4.78, 5) is 5.52. The van der Waals surface area contributed by atoms with Gasteiger partial charge in [-0.25, -0.2) is 4.98 Å². The Kier molecular flexibility index (Phi) is 3.31. The fourth-order valence-electron chi connectivity index (χ4n) is 2.33. The van der Waals surface area contributed by atoms with Gasteiger partial charge in [0.15, 0.2) is 5.65 Å². The third kappa shape index (κ3) is 2.03. The van der Waals surface area contributed by atoms with Crippen LogP contribution in [0.25, 0.3) is 21.5 Å². The van der Waals surface area contributed by atoms with Gasteiger partial charge in [-0.05, 0) is 29.5 Å². The van der Waals surface area contributed by atoms with Crippen LogP contribution >= 0.6 is 11.3 Å². The lowest BCUT2D eigenvalue weighted by molar-refractivity contribution is 0.469. The van der Waals surface area contributed by atoms with Gasteiger partial charge in [0.2, 0.25) is 0 Å². The third-order valence-corrected chi connectivity index (χ3v) is 5.11. The highest BCUT2D eigenvalue weighted by Crippen LogP contribution is 2.36. The zero-order chi connectivity index (χ0) is 14.2. The molecule has 5 heteroatoms. The van der Waals surface area contributed by atoms with Crippen LogP contribution in [-0.2, 0) is 5.41 Å². The van der Waals surface area contributed by atoms with Crippen LogP contribution in [0.1, 0.15) is 25.8 Å². The Balaban J connectivity index is 2.08. The number of thiophene rings is 1. The molecule has 1 atom stereocenters. The molecule has 3 rings (SSSR count). The summed E-state index contributed by atoms with van der Waals surface area (Å²) in [5.41, 5.74) is 9.32. The summed E-state index contributed by atoms with van der Waals surface area (Å²) in [6.45, 7) is 5.07. The van der Waals surface area contributed by atoms with E-state index in [9.17, 15) is 0 Å². The maximum absolute atomic E-state index is 5.95. The fourth-order valence-corrected chi connectivity index (χ4v) is 3.43. The van der Waals surface area contributed by atoms with Gasteiger partial charge in [-0.3, -0.25) is 5.10 Å². The van der Waals surface area contributed by atoms with E-state index in [4.69, 9.17) is 5.73 Å². The lowest BCUT2D eigenvalue weighted by atomic mass is 9.81. The first kappa shape index (κ1) is 13.3. The average Bonchev–Trinajstić information content (AvgIpc) is 3.14. The largest absolute Gasteiger partial charge is 0.330 e. The van der Waals surface area contributed by atoms with Gasteiger partial charge < -0.3 is 5.73 Å². The van der Waals surface area contributed by atoms with E-state index < -0.39 is 0 Å². The van der Waals surface area contributed by atoms with Crippen molar-refractivity contribution in [2.45, 2.75) is 25.7 Å². The number of aromatic nitrogens is 3. The highest BCUT2D eigenvalue weighted by Gasteiger charge is 2.24. The molecule has 104 valence electrons. The van der Waals surface area contributed by atoms with Crippen LogP contribution in [0.3, 0.4) is 0 Å². The molecule has 0 bridgehead atoms. The standard InChI is InChI=1S/C15H18N4S/c1-3-15(2,9-16)10-6-13(20-8-10)11-4-5-17-14-12(11)7-18-19-14/h4-8H,3,9,16H2,1-2H3,(H,17,18,19)/t15-/m1/s1. The molecule has 0 fully saturated rings. The molecule has 3 N–H and O–H groups in total. The summed E-state index contributed by atoms with van der Waals surface area (Å²) in [5.74, 6) is 0. The average molecular weight is 286 g/mol. The van der Waals surface area contributed by atoms with Crippen molar-refractivity contribution in [3.63, 3.8) is 0 Å². The number of fused-ring (bicyclic) bond motifs is 1. The van der Waals surface area contributed by atoms with Crippen molar-refractivity contribution in [3.8, 4) is 10.4 Å². The fraction of sp³-hybridized carbons (Fsp3) is 0.333. The van der Waals surface area contributed by atoms with Gasteiger partial charge in [-0.1, -0.05) is 13.8 Å². The molecular weight excluding hydrogens is 268 g/mol. The summed E-state index contributed by atoms with van der Waals surface area (Å²) in [5, 5.41) is 10.3. The van der Waals surface area contributed by atoms with E-state index in [2.05, 4.69) is 40.5 Å². The molecule has 0 saturated carbocycles. The van der Waals surface area contributed by atoms with Crippen molar-refractivity contribution in [2.75, 3.05) is 6.54 Å². The minimum atomic E-state index is 0.0529. The number of nitrogens with two attached hydrogens (primary N) is 1. The van der Waals surface area contributed by atoms with E-state index in [1.807, 2.05) is 18.5 Å². The van der Waals surface area contributed by atoms with Crippen LogP contribution in [0.4, 0.5) is 0 Å². The van der Waals surface area contributed by atoms with Crippen LogP contribution in [0.5, 0.6) is 0 Å². The topological polar surface area (TPSA) is 67.6 Å². The number of hydrogen-bond donors (Lipinski definition) is 2. The Morgan fingerprint density at radius 2 is 2.30 bits per heavy atom. The summed E-state index contributed by atoms with van der Waals surface area (Å²) < 4.78 is 0. The van der Waals surface area contributed by atoms with Crippen LogP contribution < -0.4 is 5.73 Å². The quantitative estimate of drug-likeness (QED) is 0.773. The maximum Gasteiger partial charge on any atom is 0.155 e. The number of pyridine rings is 1. The van der Waals surface area contributed by atoms with Crippen molar-refractivity contribution in [2.24, 2.45) is 5.73 Å². The molecule has 3 aromatic heterocycles. The second kappa shape index (κ2) is 5.00. The van der Waals surface area contributed by atoms with E-state index in [0.29, 0.717) is 6.54 Å². The summed E-state index contributed by atoms with van der Waals surface area (Å²) in [6, 6.07) is 4.29. The lowest BCUT2D eigenvalue weighted by Crippen LogP contribution is -2.30. The number of H-pyrrole nitrogens is 1. The van der Waals surface area contributed by atoms with Gasteiger partial charge in [-0.2, -0.15) is 5.10 Å². The number of nitrogens with one attached hydrogen (secondary N) is 1. The molecule has 4 nitrogen and oxygen atoms in total. The van der Waals surface area contributed by atoms with Gasteiger partial charge in [0.25, 0.3) is 0 Å². The molecule has 3 aromatic rings. The molecule has 3 heterocycles. The Morgan fingerprint density at radius 1 is 1.45 bits per heavy atom. The van der Waals surface area contributed by atoms with E-state index in [1.54, 1.807) is 11.3 Å².